The van der Waals surface area contributed by atoms with Crippen LogP contribution in [0.2, 0.25) is 0 Å². The molecule has 5 heteroatoms. The maximum Gasteiger partial charge on any atom is 0.310 e. The van der Waals surface area contributed by atoms with Gasteiger partial charge in [-0.15, -0.1) is 0 Å². The van der Waals surface area contributed by atoms with Gasteiger partial charge in [-0.2, -0.15) is 0 Å². The predicted octanol–water partition coefficient (Wildman–Crippen LogP) is -0.242. The van der Waals surface area contributed by atoms with E-state index in [0.29, 0.717) is 19.5 Å². The molecule has 1 atom stereocenters. The Balaban J connectivity index is 2.65. The number of carbonyl (C=O) groups is 1. The van der Waals surface area contributed by atoms with Gasteiger partial charge in [-0.25, -0.2) is 0 Å². The highest BCUT2D eigenvalue weighted by molar-refractivity contribution is 5.73. The molecule has 5 nitrogen and oxygen atoms in total. The van der Waals surface area contributed by atoms with Crippen molar-refractivity contribution < 1.29 is 14.6 Å². The molecule has 0 aliphatic carbocycles. The Morgan fingerprint density at radius 2 is 2.43 bits per heavy atom. The highest BCUT2D eigenvalue weighted by atomic mass is 16.5. The highest BCUT2D eigenvalue weighted by Crippen LogP contribution is 2.18. The van der Waals surface area contributed by atoms with Crippen molar-refractivity contribution in [3.8, 4) is 0 Å². The minimum Gasteiger partial charge on any atom is -0.495 e. The van der Waals surface area contributed by atoms with E-state index < -0.39 is 0 Å². The third kappa shape index (κ3) is 2.38. The van der Waals surface area contributed by atoms with Gasteiger partial charge in [0, 0.05) is 25.7 Å². The molecule has 80 valence electrons. The molecule has 14 heavy (non-hydrogen) atoms. The lowest BCUT2D eigenvalue weighted by Crippen LogP contribution is -2.37. The van der Waals surface area contributed by atoms with E-state index in [1.54, 1.807) is 7.05 Å². The number of nitrogens with one attached hydrogen (secondary N) is 2. The second-order valence-electron chi connectivity index (χ2n) is 3.26. The maximum absolute atomic E-state index is 11.2. The SMILES string of the molecule is CN/C(O)=C1\CNC[C@@H](C(=O)OC)C1. The zero-order valence-corrected chi connectivity index (χ0v) is 8.46. The monoisotopic (exact) mass is 200 g/mol. The average molecular weight is 200 g/mol. The normalized spacial score (nSPS) is 25.4. The lowest BCUT2D eigenvalue weighted by molar-refractivity contribution is -0.145. The van der Waals surface area contributed by atoms with E-state index in [2.05, 4.69) is 15.4 Å². The number of hydrogen-bond acceptors (Lipinski definition) is 5. The van der Waals surface area contributed by atoms with Gasteiger partial charge in [0.15, 0.2) is 5.88 Å². The largest absolute Gasteiger partial charge is 0.495 e. The molecule has 0 saturated carbocycles. The van der Waals surface area contributed by atoms with Gasteiger partial charge in [-0.1, -0.05) is 0 Å². The third-order valence-electron chi connectivity index (χ3n) is 2.33. The molecule has 0 aromatic rings. The fourth-order valence-corrected chi connectivity index (χ4v) is 1.53. The van der Waals surface area contributed by atoms with Crippen molar-refractivity contribution in [1.82, 2.24) is 10.6 Å². The van der Waals surface area contributed by atoms with Gasteiger partial charge >= 0.3 is 5.97 Å². The zero-order chi connectivity index (χ0) is 10.6. The molecule has 3 N–H and O–H groups in total. The number of carbonyl (C=O) groups excluding carboxylic acids is 1. The van der Waals surface area contributed by atoms with Gasteiger partial charge in [0.1, 0.15) is 0 Å². The first-order valence-corrected chi connectivity index (χ1v) is 4.56. The first kappa shape index (κ1) is 10.8. The molecule has 0 amide bonds. The summed E-state index contributed by atoms with van der Waals surface area (Å²) in [5, 5.41) is 15.1. The Bertz CT molecular complexity index is 250. The van der Waals surface area contributed by atoms with E-state index in [-0.39, 0.29) is 17.8 Å². The number of esters is 1. The minimum atomic E-state index is -0.237. The van der Waals surface area contributed by atoms with Gasteiger partial charge < -0.3 is 20.5 Å². The molecular formula is C9H16N2O3. The molecule has 1 aliphatic rings. The van der Waals surface area contributed by atoms with Gasteiger partial charge in [-0.05, 0) is 6.42 Å². The summed E-state index contributed by atoms with van der Waals surface area (Å²) in [4.78, 5) is 11.2. The van der Waals surface area contributed by atoms with Crippen LogP contribution in [-0.4, -0.2) is 38.3 Å². The number of aliphatic hydroxyl groups excluding tert-OH is 1. The van der Waals surface area contributed by atoms with Gasteiger partial charge in [0.2, 0.25) is 0 Å². The van der Waals surface area contributed by atoms with Crippen LogP contribution in [0.5, 0.6) is 0 Å². The first-order chi connectivity index (χ1) is 6.69. The van der Waals surface area contributed by atoms with Crippen LogP contribution in [0, 0.1) is 5.92 Å². The Kier molecular flexibility index (Phi) is 3.76. The Morgan fingerprint density at radius 1 is 1.71 bits per heavy atom. The molecule has 1 heterocycles. The first-order valence-electron chi connectivity index (χ1n) is 4.56. The summed E-state index contributed by atoms with van der Waals surface area (Å²) in [6.45, 7) is 1.22. The Labute approximate surface area is 83.1 Å². The van der Waals surface area contributed by atoms with Crippen LogP contribution < -0.4 is 10.6 Å². The van der Waals surface area contributed by atoms with Gasteiger partial charge in [0.25, 0.3) is 0 Å². The topological polar surface area (TPSA) is 70.6 Å². The van der Waals surface area contributed by atoms with E-state index >= 15 is 0 Å². The molecule has 1 aliphatic heterocycles. The van der Waals surface area contributed by atoms with Crippen LogP contribution in [0.1, 0.15) is 6.42 Å². The summed E-state index contributed by atoms with van der Waals surface area (Å²) >= 11 is 0. The van der Waals surface area contributed by atoms with E-state index in [4.69, 9.17) is 0 Å². The minimum absolute atomic E-state index is 0.145. The molecule has 0 spiro atoms. The highest BCUT2D eigenvalue weighted by Gasteiger charge is 2.25. The van der Waals surface area contributed by atoms with Crippen molar-refractivity contribution in [3.63, 3.8) is 0 Å². The van der Waals surface area contributed by atoms with Crippen molar-refractivity contribution in [2.24, 2.45) is 5.92 Å². The molecule has 1 fully saturated rings. The lowest BCUT2D eigenvalue weighted by atomic mass is 9.95. The molecule has 1 saturated heterocycles. The summed E-state index contributed by atoms with van der Waals surface area (Å²) in [5.41, 5.74) is 0.814. The third-order valence-corrected chi connectivity index (χ3v) is 2.33. The van der Waals surface area contributed by atoms with Crippen LogP contribution in [0.15, 0.2) is 11.5 Å². The second-order valence-corrected chi connectivity index (χ2v) is 3.26. The van der Waals surface area contributed by atoms with Crippen molar-refractivity contribution in [2.75, 3.05) is 27.2 Å². The quantitative estimate of drug-likeness (QED) is 0.424. The lowest BCUT2D eigenvalue weighted by Gasteiger charge is -2.23. The molecule has 0 radical (unpaired) electrons. The molecular weight excluding hydrogens is 184 g/mol. The number of ether oxygens (including phenoxy) is 1. The summed E-state index contributed by atoms with van der Waals surface area (Å²) in [6, 6.07) is 0. The maximum atomic E-state index is 11.2. The van der Waals surface area contributed by atoms with Crippen LogP contribution in [-0.2, 0) is 9.53 Å². The molecule has 0 aromatic heterocycles. The van der Waals surface area contributed by atoms with Crippen LogP contribution in [0.3, 0.4) is 0 Å². The summed E-state index contributed by atoms with van der Waals surface area (Å²) in [5.74, 6) is -0.288. The van der Waals surface area contributed by atoms with Crippen molar-refractivity contribution >= 4 is 5.97 Å². The molecule has 1 rings (SSSR count). The number of aliphatic hydroxyl groups is 1. The smallest absolute Gasteiger partial charge is 0.310 e. The predicted molar refractivity (Wildman–Crippen MR) is 51.7 cm³/mol. The second kappa shape index (κ2) is 4.85. The number of hydrogen-bond donors (Lipinski definition) is 3. The standard InChI is InChI=1S/C9H16N2O3/c1-10-8(12)6-3-7(5-11-4-6)9(13)14-2/h7,10-12H,3-5H2,1-2H3/b8-6+/t7-/m0/s1. The Morgan fingerprint density at radius 3 is 3.00 bits per heavy atom. The summed E-state index contributed by atoms with van der Waals surface area (Å²) in [6.07, 6.45) is 0.548. The van der Waals surface area contributed by atoms with Crippen molar-refractivity contribution in [1.29, 1.82) is 0 Å². The number of rotatable bonds is 2. The number of methoxy groups -OCH3 is 1. The summed E-state index contributed by atoms with van der Waals surface area (Å²) in [7, 11) is 3.02. The van der Waals surface area contributed by atoms with Gasteiger partial charge in [-0.3, -0.25) is 4.79 Å². The molecule has 0 aromatic carbocycles. The average Bonchev–Trinajstić information content (AvgIpc) is 2.27. The van der Waals surface area contributed by atoms with Crippen molar-refractivity contribution in [2.45, 2.75) is 6.42 Å². The Hall–Kier alpha value is -1.23. The fraction of sp³-hybridized carbons (Fsp3) is 0.667. The molecule has 0 unspecified atom stereocenters. The fourth-order valence-electron chi connectivity index (χ4n) is 1.53. The number of piperidine rings is 1. The van der Waals surface area contributed by atoms with E-state index in [0.717, 1.165) is 5.57 Å². The zero-order valence-electron chi connectivity index (χ0n) is 8.46. The van der Waals surface area contributed by atoms with E-state index in [1.807, 2.05) is 0 Å². The van der Waals surface area contributed by atoms with Crippen molar-refractivity contribution in [3.05, 3.63) is 11.5 Å². The van der Waals surface area contributed by atoms with E-state index in [9.17, 15) is 9.90 Å². The van der Waals surface area contributed by atoms with Gasteiger partial charge in [0.05, 0.1) is 13.0 Å². The van der Waals surface area contributed by atoms with E-state index in [1.165, 1.54) is 7.11 Å². The van der Waals surface area contributed by atoms with Crippen LogP contribution >= 0.6 is 0 Å². The molecule has 0 bridgehead atoms. The van der Waals surface area contributed by atoms with Crippen LogP contribution in [0.4, 0.5) is 0 Å². The summed E-state index contributed by atoms with van der Waals surface area (Å²) < 4.78 is 4.65. The van der Waals surface area contributed by atoms with Crippen LogP contribution in [0.25, 0.3) is 0 Å².